The molecule has 13 heavy (non-hydrogen) atoms. The Bertz CT molecular complexity index is 182. The maximum Gasteiger partial charge on any atom is 0.191 e. The quantitative estimate of drug-likeness (QED) is 0.538. The second-order valence-corrected chi connectivity index (χ2v) is 4.59. The van der Waals surface area contributed by atoms with Crippen LogP contribution in [0.3, 0.4) is 0 Å². The molecule has 1 aliphatic heterocycles. The molecule has 1 aliphatic rings. The second kappa shape index (κ2) is 5.37. The van der Waals surface area contributed by atoms with E-state index in [1.165, 1.54) is 12.2 Å². The van der Waals surface area contributed by atoms with Crippen LogP contribution in [-0.2, 0) is 0 Å². The number of hydrogen-bond acceptors (Lipinski definition) is 2. The van der Waals surface area contributed by atoms with Gasteiger partial charge in [-0.25, -0.2) is 0 Å². The molecule has 4 heteroatoms. The predicted octanol–water partition coefficient (Wildman–Crippen LogP) is 1.15. The fourth-order valence-electron chi connectivity index (χ4n) is 1.44. The van der Waals surface area contributed by atoms with E-state index in [9.17, 15) is 0 Å². The van der Waals surface area contributed by atoms with Crippen molar-refractivity contribution in [3.8, 4) is 0 Å². The van der Waals surface area contributed by atoms with E-state index >= 15 is 0 Å². The summed E-state index contributed by atoms with van der Waals surface area (Å²) < 4.78 is 0. The SMILES string of the molecule is CCN=C(N)N1CCS[C@@H](CC)C1. The molecule has 1 heterocycles. The van der Waals surface area contributed by atoms with Gasteiger partial charge < -0.3 is 10.6 Å². The maximum absolute atomic E-state index is 5.84. The zero-order chi connectivity index (χ0) is 9.68. The average Bonchev–Trinajstić information content (AvgIpc) is 2.18. The van der Waals surface area contributed by atoms with Crippen LogP contribution in [0.15, 0.2) is 4.99 Å². The predicted molar refractivity (Wildman–Crippen MR) is 60.3 cm³/mol. The standard InChI is InChI=1S/C9H19N3S/c1-3-8-7-12(5-6-13-8)9(10)11-4-2/h8H,3-7H2,1-2H3,(H2,10,11)/t8-/m0/s1. The van der Waals surface area contributed by atoms with E-state index < -0.39 is 0 Å². The maximum atomic E-state index is 5.84. The molecule has 0 radical (unpaired) electrons. The summed E-state index contributed by atoms with van der Waals surface area (Å²) in [7, 11) is 0. The van der Waals surface area contributed by atoms with Crippen LogP contribution in [0.5, 0.6) is 0 Å². The van der Waals surface area contributed by atoms with Gasteiger partial charge in [0.2, 0.25) is 0 Å². The van der Waals surface area contributed by atoms with E-state index in [0.717, 1.165) is 30.8 Å². The Morgan fingerprint density at radius 3 is 3.00 bits per heavy atom. The highest BCUT2D eigenvalue weighted by atomic mass is 32.2. The van der Waals surface area contributed by atoms with Crippen molar-refractivity contribution in [1.29, 1.82) is 0 Å². The van der Waals surface area contributed by atoms with Gasteiger partial charge in [-0.1, -0.05) is 6.92 Å². The summed E-state index contributed by atoms with van der Waals surface area (Å²) >= 11 is 2.05. The summed E-state index contributed by atoms with van der Waals surface area (Å²) in [5, 5.41) is 0.736. The molecular weight excluding hydrogens is 182 g/mol. The van der Waals surface area contributed by atoms with E-state index in [1.54, 1.807) is 0 Å². The fourth-order valence-corrected chi connectivity index (χ4v) is 2.62. The minimum absolute atomic E-state index is 0.723. The van der Waals surface area contributed by atoms with Gasteiger partial charge in [-0.2, -0.15) is 11.8 Å². The van der Waals surface area contributed by atoms with E-state index in [2.05, 4.69) is 28.6 Å². The Hall–Kier alpha value is -0.380. The Morgan fingerprint density at radius 2 is 2.38 bits per heavy atom. The summed E-state index contributed by atoms with van der Waals surface area (Å²) in [6.45, 7) is 7.15. The first kappa shape index (κ1) is 10.7. The Labute approximate surface area is 84.8 Å². The van der Waals surface area contributed by atoms with Crippen LogP contribution in [0.4, 0.5) is 0 Å². The number of aliphatic imine (C=N–C) groups is 1. The van der Waals surface area contributed by atoms with Gasteiger partial charge >= 0.3 is 0 Å². The van der Waals surface area contributed by atoms with Crippen LogP contribution >= 0.6 is 11.8 Å². The van der Waals surface area contributed by atoms with Crippen LogP contribution in [0, 0.1) is 0 Å². The Morgan fingerprint density at radius 1 is 1.62 bits per heavy atom. The van der Waals surface area contributed by atoms with Crippen molar-refractivity contribution in [2.24, 2.45) is 10.7 Å². The monoisotopic (exact) mass is 201 g/mol. The van der Waals surface area contributed by atoms with Crippen LogP contribution in [0.1, 0.15) is 20.3 Å². The number of hydrogen-bond donors (Lipinski definition) is 1. The van der Waals surface area contributed by atoms with Crippen molar-refractivity contribution in [2.75, 3.05) is 25.4 Å². The summed E-state index contributed by atoms with van der Waals surface area (Å²) in [5.41, 5.74) is 5.84. The van der Waals surface area contributed by atoms with Gasteiger partial charge in [-0.15, -0.1) is 0 Å². The third-order valence-corrected chi connectivity index (χ3v) is 3.61. The third kappa shape index (κ3) is 3.10. The highest BCUT2D eigenvalue weighted by Crippen LogP contribution is 2.20. The lowest BCUT2D eigenvalue weighted by molar-refractivity contribution is 0.418. The van der Waals surface area contributed by atoms with Crippen LogP contribution in [0.2, 0.25) is 0 Å². The molecule has 0 aromatic heterocycles. The van der Waals surface area contributed by atoms with E-state index in [1.807, 2.05) is 6.92 Å². The molecule has 0 aromatic carbocycles. The van der Waals surface area contributed by atoms with Crippen molar-refractivity contribution in [3.63, 3.8) is 0 Å². The van der Waals surface area contributed by atoms with Crippen LogP contribution in [0.25, 0.3) is 0 Å². The first-order valence-electron chi connectivity index (χ1n) is 4.94. The molecule has 0 aliphatic carbocycles. The molecule has 0 unspecified atom stereocenters. The summed E-state index contributed by atoms with van der Waals surface area (Å²) in [6.07, 6.45) is 1.22. The fraction of sp³-hybridized carbons (Fsp3) is 0.889. The van der Waals surface area contributed by atoms with Gasteiger partial charge in [0.05, 0.1) is 0 Å². The summed E-state index contributed by atoms with van der Waals surface area (Å²) in [5.74, 6) is 1.90. The molecule has 1 rings (SSSR count). The van der Waals surface area contributed by atoms with Crippen molar-refractivity contribution in [3.05, 3.63) is 0 Å². The first-order chi connectivity index (χ1) is 6.27. The highest BCUT2D eigenvalue weighted by Gasteiger charge is 2.19. The van der Waals surface area contributed by atoms with Gasteiger partial charge in [-0.05, 0) is 13.3 Å². The van der Waals surface area contributed by atoms with Gasteiger partial charge in [0.1, 0.15) is 0 Å². The number of thioether (sulfide) groups is 1. The van der Waals surface area contributed by atoms with Gasteiger partial charge in [0.15, 0.2) is 5.96 Å². The smallest absolute Gasteiger partial charge is 0.191 e. The van der Waals surface area contributed by atoms with Crippen molar-refractivity contribution >= 4 is 17.7 Å². The molecule has 1 saturated heterocycles. The lowest BCUT2D eigenvalue weighted by Gasteiger charge is -2.32. The molecular formula is C9H19N3S. The molecule has 0 bridgehead atoms. The van der Waals surface area contributed by atoms with Crippen molar-refractivity contribution in [2.45, 2.75) is 25.5 Å². The molecule has 0 spiro atoms. The van der Waals surface area contributed by atoms with E-state index in [0.29, 0.717) is 0 Å². The first-order valence-corrected chi connectivity index (χ1v) is 5.99. The largest absolute Gasteiger partial charge is 0.370 e. The van der Waals surface area contributed by atoms with Crippen molar-refractivity contribution in [1.82, 2.24) is 4.90 Å². The van der Waals surface area contributed by atoms with Gasteiger partial charge in [-0.3, -0.25) is 4.99 Å². The number of nitrogens with two attached hydrogens (primary N) is 1. The molecule has 76 valence electrons. The zero-order valence-electron chi connectivity index (χ0n) is 8.49. The molecule has 3 nitrogen and oxygen atoms in total. The lowest BCUT2D eigenvalue weighted by Crippen LogP contribution is -2.45. The molecule has 1 atom stereocenters. The van der Waals surface area contributed by atoms with E-state index in [-0.39, 0.29) is 0 Å². The number of guanidine groups is 1. The average molecular weight is 201 g/mol. The molecule has 0 aromatic rings. The van der Waals surface area contributed by atoms with E-state index in [4.69, 9.17) is 5.73 Å². The zero-order valence-corrected chi connectivity index (χ0v) is 9.31. The van der Waals surface area contributed by atoms with Crippen molar-refractivity contribution < 1.29 is 0 Å². The second-order valence-electron chi connectivity index (χ2n) is 3.18. The summed E-state index contributed by atoms with van der Waals surface area (Å²) in [4.78, 5) is 6.43. The minimum Gasteiger partial charge on any atom is -0.370 e. The molecule has 1 fully saturated rings. The Kier molecular flexibility index (Phi) is 4.42. The molecule has 2 N–H and O–H groups in total. The van der Waals surface area contributed by atoms with Gasteiger partial charge in [0.25, 0.3) is 0 Å². The molecule has 0 saturated carbocycles. The Balaban J connectivity index is 2.46. The highest BCUT2D eigenvalue weighted by molar-refractivity contribution is 8.00. The third-order valence-electron chi connectivity index (χ3n) is 2.24. The minimum atomic E-state index is 0.723. The normalized spacial score (nSPS) is 24.9. The topological polar surface area (TPSA) is 41.6 Å². The number of nitrogens with zero attached hydrogens (tertiary/aromatic N) is 2. The van der Waals surface area contributed by atoms with Crippen LogP contribution in [-0.4, -0.2) is 41.5 Å². The van der Waals surface area contributed by atoms with Crippen LogP contribution < -0.4 is 5.73 Å². The summed E-state index contributed by atoms with van der Waals surface area (Å²) in [6, 6.07) is 0. The lowest BCUT2D eigenvalue weighted by atomic mass is 10.3. The number of rotatable bonds is 2. The molecule has 0 amide bonds. The van der Waals surface area contributed by atoms with Gasteiger partial charge in [0, 0.05) is 30.6 Å².